The Labute approximate surface area is 191 Å². The number of aldehydes is 1. The summed E-state index contributed by atoms with van der Waals surface area (Å²) in [6, 6.07) is 13.3. The highest BCUT2D eigenvalue weighted by Gasteiger charge is 2.35. The van der Waals surface area contributed by atoms with Gasteiger partial charge < -0.3 is 14.5 Å². The smallest absolute Gasteiger partial charge is 0.172 e. The minimum absolute atomic E-state index is 0.134. The quantitative estimate of drug-likeness (QED) is 0.343. The van der Waals surface area contributed by atoms with E-state index in [1.807, 2.05) is 62.9 Å². The zero-order valence-corrected chi connectivity index (χ0v) is 18.7. The van der Waals surface area contributed by atoms with Gasteiger partial charge in [0.25, 0.3) is 0 Å². The molecule has 0 saturated carbocycles. The molecule has 5 rings (SSSR count). The average molecular weight is 440 g/mol. The van der Waals surface area contributed by atoms with E-state index < -0.39 is 0 Å². The Kier molecular flexibility index (Phi) is 5.30. The molecule has 0 bridgehead atoms. The van der Waals surface area contributed by atoms with Crippen LogP contribution in [-0.2, 0) is 16.1 Å². The second kappa shape index (κ2) is 8.30. The first-order valence-electron chi connectivity index (χ1n) is 11.1. The number of Topliss-reactive ketones (excluding diaryl/α,β-unsaturated/α-hetero) is 2. The van der Waals surface area contributed by atoms with E-state index in [4.69, 9.17) is 0 Å². The fraction of sp³-hybridized carbons (Fsp3) is 0.222. The summed E-state index contributed by atoms with van der Waals surface area (Å²) < 4.78 is 2.12. The Morgan fingerprint density at radius 3 is 2.52 bits per heavy atom. The molecule has 0 spiro atoms. The second-order valence-corrected chi connectivity index (χ2v) is 8.81. The van der Waals surface area contributed by atoms with Crippen LogP contribution < -0.4 is 0 Å². The number of carbonyl (C=O) groups is 3. The van der Waals surface area contributed by atoms with Crippen molar-refractivity contribution >= 4 is 50.8 Å². The number of aryl methyl sites for hydroxylation is 1. The van der Waals surface area contributed by atoms with Crippen molar-refractivity contribution in [3.05, 3.63) is 71.5 Å². The third-order valence-corrected chi connectivity index (χ3v) is 6.30. The first-order chi connectivity index (χ1) is 16.0. The molecule has 0 radical (unpaired) electrons. The molecule has 0 amide bonds. The van der Waals surface area contributed by atoms with Gasteiger partial charge in [0.15, 0.2) is 11.6 Å². The standard InChI is InChI=1S/C27H25N3O3/c1-29(2)10-5-11-30-15-21(19-12-17(16-31)8-9-23(19)30)27-25(33)13-24(32)26(27)20-14-28-22-7-4-3-6-18(20)22/h3-4,6-9,12,14-16,28H,5,10-11,13H2,1-2H3. The van der Waals surface area contributed by atoms with E-state index in [0.717, 1.165) is 58.7 Å². The van der Waals surface area contributed by atoms with Crippen LogP contribution in [0.1, 0.15) is 34.3 Å². The molecule has 33 heavy (non-hydrogen) atoms. The van der Waals surface area contributed by atoms with Crippen LogP contribution >= 0.6 is 0 Å². The first-order valence-corrected chi connectivity index (χ1v) is 11.1. The van der Waals surface area contributed by atoms with E-state index in [0.29, 0.717) is 16.7 Å². The molecule has 4 aromatic rings. The van der Waals surface area contributed by atoms with Gasteiger partial charge in [0.2, 0.25) is 0 Å². The molecule has 6 heteroatoms. The van der Waals surface area contributed by atoms with Crippen molar-refractivity contribution < 1.29 is 14.4 Å². The maximum atomic E-state index is 13.2. The number of para-hydroxylation sites is 1. The van der Waals surface area contributed by atoms with Gasteiger partial charge in [-0.05, 0) is 51.3 Å². The summed E-state index contributed by atoms with van der Waals surface area (Å²) in [4.78, 5) is 43.1. The minimum atomic E-state index is -0.177. The van der Waals surface area contributed by atoms with Crippen molar-refractivity contribution in [1.82, 2.24) is 14.5 Å². The number of hydrogen-bond acceptors (Lipinski definition) is 4. The number of nitrogens with one attached hydrogen (secondary N) is 1. The highest BCUT2D eigenvalue weighted by molar-refractivity contribution is 6.52. The van der Waals surface area contributed by atoms with E-state index in [9.17, 15) is 14.4 Å². The fourth-order valence-electron chi connectivity index (χ4n) is 4.78. The number of fused-ring (bicyclic) bond motifs is 2. The molecule has 2 aromatic carbocycles. The topological polar surface area (TPSA) is 75.2 Å². The van der Waals surface area contributed by atoms with Gasteiger partial charge in [-0.1, -0.05) is 18.2 Å². The maximum absolute atomic E-state index is 13.2. The van der Waals surface area contributed by atoms with Crippen LogP contribution in [0, 0.1) is 0 Å². The summed E-state index contributed by atoms with van der Waals surface area (Å²) in [6.45, 7) is 1.70. The number of ketones is 2. The molecule has 0 aliphatic heterocycles. The van der Waals surface area contributed by atoms with Crippen molar-refractivity contribution in [3.8, 4) is 0 Å². The normalized spacial score (nSPS) is 14.4. The van der Waals surface area contributed by atoms with Gasteiger partial charge >= 0.3 is 0 Å². The number of hydrogen-bond donors (Lipinski definition) is 1. The number of H-pyrrole nitrogens is 1. The summed E-state index contributed by atoms with van der Waals surface area (Å²) in [5, 5.41) is 1.73. The largest absolute Gasteiger partial charge is 0.361 e. The number of aromatic amines is 1. The molecule has 0 unspecified atom stereocenters. The van der Waals surface area contributed by atoms with Gasteiger partial charge in [-0.15, -0.1) is 0 Å². The summed E-state index contributed by atoms with van der Waals surface area (Å²) in [6.07, 6.45) is 5.39. The highest BCUT2D eigenvalue weighted by Crippen LogP contribution is 2.41. The zero-order valence-electron chi connectivity index (χ0n) is 18.7. The average Bonchev–Trinajstić information content (AvgIpc) is 3.46. The van der Waals surface area contributed by atoms with Crippen LogP contribution in [-0.4, -0.2) is 52.9 Å². The molecule has 6 nitrogen and oxygen atoms in total. The lowest BCUT2D eigenvalue weighted by molar-refractivity contribution is -0.119. The van der Waals surface area contributed by atoms with E-state index in [1.54, 1.807) is 6.07 Å². The number of benzene rings is 2. The maximum Gasteiger partial charge on any atom is 0.172 e. The van der Waals surface area contributed by atoms with Crippen molar-refractivity contribution in [1.29, 1.82) is 0 Å². The van der Waals surface area contributed by atoms with E-state index in [1.165, 1.54) is 0 Å². The van der Waals surface area contributed by atoms with Crippen molar-refractivity contribution in [3.63, 3.8) is 0 Å². The second-order valence-electron chi connectivity index (χ2n) is 8.81. The van der Waals surface area contributed by atoms with Crippen LogP contribution in [0.25, 0.3) is 33.0 Å². The van der Waals surface area contributed by atoms with E-state index in [2.05, 4.69) is 14.5 Å². The molecule has 166 valence electrons. The third-order valence-electron chi connectivity index (χ3n) is 6.30. The molecule has 2 heterocycles. The van der Waals surface area contributed by atoms with Crippen molar-refractivity contribution in [2.24, 2.45) is 0 Å². The van der Waals surface area contributed by atoms with Crippen molar-refractivity contribution in [2.45, 2.75) is 19.4 Å². The highest BCUT2D eigenvalue weighted by atomic mass is 16.2. The van der Waals surface area contributed by atoms with Crippen LogP contribution in [0.3, 0.4) is 0 Å². The van der Waals surface area contributed by atoms with Crippen LogP contribution in [0.2, 0.25) is 0 Å². The molecule has 1 aliphatic rings. The lowest BCUT2D eigenvalue weighted by Crippen LogP contribution is -2.14. The van der Waals surface area contributed by atoms with Crippen LogP contribution in [0.15, 0.2) is 54.9 Å². The van der Waals surface area contributed by atoms with Gasteiger partial charge in [0, 0.05) is 68.6 Å². The van der Waals surface area contributed by atoms with Gasteiger partial charge in [-0.25, -0.2) is 0 Å². The third kappa shape index (κ3) is 3.62. The molecule has 2 aromatic heterocycles. The molecule has 0 atom stereocenters. The predicted octanol–water partition coefficient (Wildman–Crippen LogP) is 4.34. The van der Waals surface area contributed by atoms with Crippen LogP contribution in [0.4, 0.5) is 0 Å². The molecular formula is C27H25N3O3. The van der Waals surface area contributed by atoms with Crippen molar-refractivity contribution in [2.75, 3.05) is 20.6 Å². The molecule has 0 fully saturated rings. The fourth-order valence-corrected chi connectivity index (χ4v) is 4.78. The Balaban J connectivity index is 1.74. The van der Waals surface area contributed by atoms with Gasteiger partial charge in [-0.2, -0.15) is 0 Å². The number of allylic oxidation sites excluding steroid dienone is 2. The zero-order chi connectivity index (χ0) is 23.1. The Hall–Kier alpha value is -3.77. The van der Waals surface area contributed by atoms with Gasteiger partial charge in [0.1, 0.15) is 6.29 Å². The Bertz CT molecular complexity index is 1450. The Morgan fingerprint density at radius 2 is 1.76 bits per heavy atom. The molecular weight excluding hydrogens is 414 g/mol. The minimum Gasteiger partial charge on any atom is -0.361 e. The van der Waals surface area contributed by atoms with Crippen LogP contribution in [0.5, 0.6) is 0 Å². The summed E-state index contributed by atoms with van der Waals surface area (Å²) in [7, 11) is 4.08. The number of carbonyl (C=O) groups excluding carboxylic acids is 3. The molecule has 0 saturated heterocycles. The molecule has 1 aliphatic carbocycles. The number of aromatic nitrogens is 2. The summed E-state index contributed by atoms with van der Waals surface area (Å²) in [5.41, 5.74) is 4.78. The first kappa shape index (κ1) is 21.1. The number of nitrogens with zero attached hydrogens (tertiary/aromatic N) is 2. The predicted molar refractivity (Wildman–Crippen MR) is 130 cm³/mol. The molecule has 1 N–H and O–H groups in total. The number of rotatable bonds is 7. The Morgan fingerprint density at radius 1 is 1.00 bits per heavy atom. The van der Waals surface area contributed by atoms with E-state index >= 15 is 0 Å². The van der Waals surface area contributed by atoms with Gasteiger partial charge in [-0.3, -0.25) is 14.4 Å². The van der Waals surface area contributed by atoms with Gasteiger partial charge in [0.05, 0.1) is 6.42 Å². The SMILES string of the molecule is CN(C)CCCn1cc(C2=C(c3c[nH]c4ccccc34)C(=O)CC2=O)c2cc(C=O)ccc21. The monoisotopic (exact) mass is 439 g/mol. The summed E-state index contributed by atoms with van der Waals surface area (Å²) in [5.74, 6) is -0.344. The van der Waals surface area contributed by atoms with E-state index in [-0.39, 0.29) is 18.0 Å². The lowest BCUT2D eigenvalue weighted by Gasteiger charge is -2.10. The lowest BCUT2D eigenvalue weighted by atomic mass is 9.95. The summed E-state index contributed by atoms with van der Waals surface area (Å²) >= 11 is 0.